The summed E-state index contributed by atoms with van der Waals surface area (Å²) in [5.41, 5.74) is 0.480. The molecule has 0 heterocycles. The first-order chi connectivity index (χ1) is 16.0. The minimum absolute atomic E-state index is 0.112. The third-order valence-electron chi connectivity index (χ3n) is 5.99. The maximum atomic E-state index is 11.6. The Morgan fingerprint density at radius 1 is 0.697 bits per heavy atom. The van der Waals surface area contributed by atoms with Crippen molar-refractivity contribution in [2.24, 2.45) is 0 Å². The minimum atomic E-state index is -0.431. The molecule has 0 aliphatic carbocycles. The van der Waals surface area contributed by atoms with Crippen LogP contribution >= 0.6 is 0 Å². The lowest BCUT2D eigenvalue weighted by Crippen LogP contribution is -2.50. The molecule has 0 bridgehead atoms. The van der Waals surface area contributed by atoms with E-state index in [1.165, 1.54) is 106 Å². The van der Waals surface area contributed by atoms with E-state index in [2.05, 4.69) is 27.7 Å². The summed E-state index contributed by atoms with van der Waals surface area (Å²) >= 11 is 0. The molecule has 0 aliphatic rings. The molecule has 184 valence electrons. The lowest BCUT2D eigenvalue weighted by atomic mass is 10.1. The van der Waals surface area contributed by atoms with Crippen LogP contribution in [0.5, 0.6) is 11.5 Å². The second-order valence-electron chi connectivity index (χ2n) is 8.88. The maximum absolute atomic E-state index is 11.6. The predicted molar refractivity (Wildman–Crippen MR) is 137 cm³/mol. The molecule has 2 rings (SSSR count). The molecule has 0 radical (unpaired) electrons. The van der Waals surface area contributed by atoms with Crippen molar-refractivity contribution >= 4 is 5.97 Å². The van der Waals surface area contributed by atoms with Gasteiger partial charge in [-0.15, -0.1) is 5.75 Å². The van der Waals surface area contributed by atoms with Crippen molar-refractivity contribution in [3.8, 4) is 11.5 Å². The summed E-state index contributed by atoms with van der Waals surface area (Å²) in [5, 5.41) is 10.8. The largest absolute Gasteiger partial charge is 0.872 e. The number of hydrogen-bond donors (Lipinski definition) is 0. The van der Waals surface area contributed by atoms with Gasteiger partial charge in [0.25, 0.3) is 0 Å². The second-order valence-corrected chi connectivity index (χ2v) is 8.88. The van der Waals surface area contributed by atoms with Crippen molar-refractivity contribution < 1.29 is 19.1 Å². The second kappa shape index (κ2) is 17.2. The Hall–Kier alpha value is -2.33. The number of nitrogens with zero attached hydrogens (tertiary/aromatic N) is 1. The van der Waals surface area contributed by atoms with Crippen LogP contribution in [0.1, 0.15) is 89.4 Å². The van der Waals surface area contributed by atoms with E-state index in [4.69, 9.17) is 4.74 Å². The molecular formula is C29H45NO3. The topological polar surface area (TPSA) is 49.4 Å². The van der Waals surface area contributed by atoms with Gasteiger partial charge < -0.3 is 14.3 Å². The first-order valence-electron chi connectivity index (χ1n) is 12.9. The SMILES string of the molecule is CCCC[N+](CCCC)(CCCC)CCCC.O=C(Oc1ccc([O-])cc1)c1ccccc1. The van der Waals surface area contributed by atoms with Crippen molar-refractivity contribution in [2.45, 2.75) is 79.1 Å². The zero-order valence-corrected chi connectivity index (χ0v) is 21.4. The Labute approximate surface area is 202 Å². The number of unbranched alkanes of at least 4 members (excludes halogenated alkanes) is 4. The van der Waals surface area contributed by atoms with Crippen LogP contribution in [-0.2, 0) is 0 Å². The average molecular weight is 456 g/mol. The highest BCUT2D eigenvalue weighted by atomic mass is 16.5. The fourth-order valence-corrected chi connectivity index (χ4v) is 3.89. The van der Waals surface area contributed by atoms with Crippen LogP contribution in [-0.4, -0.2) is 36.6 Å². The van der Waals surface area contributed by atoms with Crippen LogP contribution in [0.25, 0.3) is 0 Å². The summed E-state index contributed by atoms with van der Waals surface area (Å²) in [6, 6.07) is 14.3. The number of ether oxygens (including phenoxy) is 1. The lowest BCUT2D eigenvalue weighted by Gasteiger charge is -2.39. The standard InChI is InChI=1S/C16H36N.C13H10O3/c1-5-9-13-17(14-10-6-2,15-11-7-3)16-12-8-4;14-11-6-8-12(9-7-11)16-13(15)10-4-2-1-3-5-10/h5-16H2,1-4H3;1-9,14H/q+1;/p-1. The summed E-state index contributed by atoms with van der Waals surface area (Å²) in [6.07, 6.45) is 11.1. The van der Waals surface area contributed by atoms with Crippen LogP contribution in [0, 0.1) is 0 Å². The highest BCUT2D eigenvalue weighted by Crippen LogP contribution is 2.17. The van der Waals surface area contributed by atoms with Gasteiger partial charge in [-0.05, 0) is 49.9 Å². The van der Waals surface area contributed by atoms with Gasteiger partial charge in [-0.2, -0.15) is 0 Å². The number of esters is 1. The molecule has 0 saturated carbocycles. The molecule has 0 unspecified atom stereocenters. The maximum Gasteiger partial charge on any atom is 0.343 e. The number of rotatable bonds is 14. The first kappa shape index (κ1) is 28.7. The molecule has 0 spiro atoms. The molecule has 4 nitrogen and oxygen atoms in total. The Balaban J connectivity index is 0.000000330. The number of carbonyl (C=O) groups excluding carboxylic acids is 1. The third-order valence-corrected chi connectivity index (χ3v) is 5.99. The van der Waals surface area contributed by atoms with E-state index >= 15 is 0 Å². The molecule has 0 fully saturated rings. The quantitative estimate of drug-likeness (QED) is 0.175. The van der Waals surface area contributed by atoms with Crippen molar-refractivity contribution in [1.29, 1.82) is 0 Å². The average Bonchev–Trinajstić information content (AvgIpc) is 2.85. The highest BCUT2D eigenvalue weighted by Gasteiger charge is 2.24. The Morgan fingerprint density at radius 3 is 1.52 bits per heavy atom. The normalized spacial score (nSPS) is 10.9. The van der Waals surface area contributed by atoms with Crippen LogP contribution in [0.2, 0.25) is 0 Å². The van der Waals surface area contributed by atoms with E-state index in [0.29, 0.717) is 11.3 Å². The molecule has 0 aliphatic heterocycles. The molecule has 0 saturated heterocycles. The monoisotopic (exact) mass is 455 g/mol. The Morgan fingerprint density at radius 2 is 1.12 bits per heavy atom. The van der Waals surface area contributed by atoms with Crippen molar-refractivity contribution in [1.82, 2.24) is 0 Å². The fraction of sp³-hybridized carbons (Fsp3) is 0.552. The van der Waals surface area contributed by atoms with E-state index < -0.39 is 5.97 Å². The number of benzene rings is 2. The molecule has 4 heteroatoms. The fourth-order valence-electron chi connectivity index (χ4n) is 3.89. The predicted octanol–water partition coefficient (Wildman–Crippen LogP) is 6.98. The molecule has 0 N–H and O–H groups in total. The van der Waals surface area contributed by atoms with Gasteiger partial charge in [0, 0.05) is 0 Å². The van der Waals surface area contributed by atoms with Gasteiger partial charge in [-0.25, -0.2) is 4.79 Å². The van der Waals surface area contributed by atoms with Crippen LogP contribution < -0.4 is 9.84 Å². The molecule has 2 aromatic carbocycles. The van der Waals surface area contributed by atoms with Gasteiger partial charge in [-0.1, -0.05) is 83.7 Å². The van der Waals surface area contributed by atoms with E-state index in [-0.39, 0.29) is 5.75 Å². The van der Waals surface area contributed by atoms with E-state index in [9.17, 15) is 9.90 Å². The minimum Gasteiger partial charge on any atom is -0.872 e. The van der Waals surface area contributed by atoms with Crippen LogP contribution in [0.4, 0.5) is 0 Å². The Kier molecular flexibility index (Phi) is 14.9. The van der Waals surface area contributed by atoms with Gasteiger partial charge >= 0.3 is 5.97 Å². The zero-order chi connectivity index (χ0) is 24.4. The van der Waals surface area contributed by atoms with Gasteiger partial charge in [0.05, 0.1) is 31.7 Å². The molecule has 33 heavy (non-hydrogen) atoms. The first-order valence-corrected chi connectivity index (χ1v) is 12.9. The summed E-state index contributed by atoms with van der Waals surface area (Å²) in [6.45, 7) is 15.0. The summed E-state index contributed by atoms with van der Waals surface area (Å²) in [7, 11) is 0. The van der Waals surface area contributed by atoms with E-state index in [1.54, 1.807) is 24.3 Å². The molecule has 0 amide bonds. The number of carbonyl (C=O) groups is 1. The summed E-state index contributed by atoms with van der Waals surface area (Å²) < 4.78 is 6.50. The van der Waals surface area contributed by atoms with Crippen LogP contribution in [0.3, 0.4) is 0 Å². The lowest BCUT2D eigenvalue weighted by molar-refractivity contribution is -0.929. The van der Waals surface area contributed by atoms with Gasteiger partial charge in [-0.3, -0.25) is 0 Å². The highest BCUT2D eigenvalue weighted by molar-refractivity contribution is 5.90. The van der Waals surface area contributed by atoms with Gasteiger partial charge in [0.15, 0.2) is 0 Å². The van der Waals surface area contributed by atoms with E-state index in [0.717, 1.165) is 0 Å². The summed E-state index contributed by atoms with van der Waals surface area (Å²) in [4.78, 5) is 11.6. The van der Waals surface area contributed by atoms with Crippen molar-refractivity contribution in [3.05, 3.63) is 60.2 Å². The van der Waals surface area contributed by atoms with Gasteiger partial charge in [0.1, 0.15) is 5.75 Å². The van der Waals surface area contributed by atoms with Crippen LogP contribution in [0.15, 0.2) is 54.6 Å². The molecular weight excluding hydrogens is 410 g/mol. The molecule has 0 atom stereocenters. The number of hydrogen-bond acceptors (Lipinski definition) is 3. The Bertz CT molecular complexity index is 706. The van der Waals surface area contributed by atoms with Crippen molar-refractivity contribution in [2.75, 3.05) is 26.2 Å². The zero-order valence-electron chi connectivity index (χ0n) is 21.4. The van der Waals surface area contributed by atoms with E-state index in [1.807, 2.05) is 6.07 Å². The van der Waals surface area contributed by atoms with Gasteiger partial charge in [0.2, 0.25) is 0 Å². The summed E-state index contributed by atoms with van der Waals surface area (Å²) in [5.74, 6) is -0.174. The molecule has 2 aromatic rings. The molecule has 0 aromatic heterocycles. The smallest absolute Gasteiger partial charge is 0.343 e. The number of quaternary nitrogens is 1. The third kappa shape index (κ3) is 11.9. The van der Waals surface area contributed by atoms with Crippen molar-refractivity contribution in [3.63, 3.8) is 0 Å².